The van der Waals surface area contributed by atoms with Crippen molar-refractivity contribution in [3.63, 3.8) is 0 Å². The van der Waals surface area contributed by atoms with Gasteiger partial charge in [-0.15, -0.1) is 0 Å². The summed E-state index contributed by atoms with van der Waals surface area (Å²) in [6, 6.07) is 8.04. The van der Waals surface area contributed by atoms with E-state index in [0.29, 0.717) is 11.4 Å². The van der Waals surface area contributed by atoms with E-state index in [4.69, 9.17) is 0 Å². The van der Waals surface area contributed by atoms with Crippen LogP contribution in [0.15, 0.2) is 47.1 Å². The predicted molar refractivity (Wildman–Crippen MR) is 84.9 cm³/mol. The van der Waals surface area contributed by atoms with E-state index in [1.54, 1.807) is 31.2 Å². The molecule has 1 fully saturated rings. The molecule has 8 heteroatoms. The van der Waals surface area contributed by atoms with Crippen molar-refractivity contribution in [3.05, 3.63) is 42.0 Å². The van der Waals surface area contributed by atoms with Gasteiger partial charge in [-0.2, -0.15) is 10.1 Å². The number of urea groups is 1. The van der Waals surface area contributed by atoms with Crippen LogP contribution in [0.1, 0.15) is 6.92 Å². The molecule has 1 N–H and O–H groups in total. The molecular formula is C16H14N4O4. The highest BCUT2D eigenvalue weighted by Gasteiger charge is 2.38. The lowest BCUT2D eigenvalue weighted by Crippen LogP contribution is -2.52. The van der Waals surface area contributed by atoms with Gasteiger partial charge in [0, 0.05) is 7.05 Å². The first kappa shape index (κ1) is 15.6. The fraction of sp³-hybridized carbons (Fsp3) is 0.188. The fourth-order valence-corrected chi connectivity index (χ4v) is 2.46. The third-order valence-corrected chi connectivity index (χ3v) is 3.82. The van der Waals surface area contributed by atoms with Crippen LogP contribution in [0.2, 0.25) is 0 Å². The molecule has 122 valence electrons. The van der Waals surface area contributed by atoms with E-state index in [2.05, 4.69) is 10.4 Å². The number of benzene rings is 1. The molecule has 1 aromatic carbocycles. The summed E-state index contributed by atoms with van der Waals surface area (Å²) in [6.45, 7) is 1.64. The molecule has 2 heterocycles. The molecule has 1 atom stereocenters. The van der Waals surface area contributed by atoms with Gasteiger partial charge < -0.3 is 0 Å². The highest BCUT2D eigenvalue weighted by Crippen LogP contribution is 2.25. The largest absolute Gasteiger partial charge is 0.331 e. The molecule has 2 aliphatic heterocycles. The molecule has 0 saturated carbocycles. The van der Waals surface area contributed by atoms with Gasteiger partial charge in [0.15, 0.2) is 0 Å². The van der Waals surface area contributed by atoms with Crippen molar-refractivity contribution in [2.24, 2.45) is 11.0 Å². The Kier molecular flexibility index (Phi) is 3.72. The molecule has 2 aliphatic rings. The van der Waals surface area contributed by atoms with Gasteiger partial charge >= 0.3 is 6.03 Å². The number of hydrogen-bond acceptors (Lipinski definition) is 5. The summed E-state index contributed by atoms with van der Waals surface area (Å²) >= 11 is 0. The highest BCUT2D eigenvalue weighted by molar-refractivity contribution is 6.29. The number of nitrogens with zero attached hydrogens (tertiary/aromatic N) is 3. The van der Waals surface area contributed by atoms with Crippen LogP contribution in [0, 0.1) is 5.92 Å². The predicted octanol–water partition coefficient (Wildman–Crippen LogP) is 0.660. The summed E-state index contributed by atoms with van der Waals surface area (Å²) < 4.78 is 0. The van der Waals surface area contributed by atoms with Gasteiger partial charge in [0.25, 0.3) is 17.7 Å². The zero-order valence-electron chi connectivity index (χ0n) is 13.0. The average Bonchev–Trinajstić information content (AvgIpc) is 2.85. The topological polar surface area (TPSA) is 99.2 Å². The first-order chi connectivity index (χ1) is 11.4. The number of rotatable bonds is 2. The Morgan fingerprint density at radius 3 is 2.46 bits per heavy atom. The van der Waals surface area contributed by atoms with Gasteiger partial charge in [-0.1, -0.05) is 18.2 Å². The van der Waals surface area contributed by atoms with Crippen LogP contribution in [0.3, 0.4) is 0 Å². The fourth-order valence-electron chi connectivity index (χ4n) is 2.46. The van der Waals surface area contributed by atoms with Gasteiger partial charge in [-0.05, 0) is 25.1 Å². The van der Waals surface area contributed by atoms with Crippen molar-refractivity contribution in [2.75, 3.05) is 12.1 Å². The number of likely N-dealkylation sites (N-methyl/N-ethyl adjacent to an activating group) is 1. The van der Waals surface area contributed by atoms with Crippen molar-refractivity contribution in [2.45, 2.75) is 6.92 Å². The molecule has 0 aliphatic carbocycles. The van der Waals surface area contributed by atoms with E-state index in [1.807, 2.05) is 6.07 Å². The van der Waals surface area contributed by atoms with Gasteiger partial charge in [0.2, 0.25) is 0 Å². The van der Waals surface area contributed by atoms with E-state index >= 15 is 0 Å². The number of carbonyl (C=O) groups excluding carboxylic acids is 4. The third kappa shape index (κ3) is 2.47. The number of carbonyl (C=O) groups is 4. The monoisotopic (exact) mass is 326 g/mol. The van der Waals surface area contributed by atoms with Gasteiger partial charge in [0.1, 0.15) is 5.57 Å². The standard InChI is InChI=1S/C16H14N4O4/c1-9-11(8-12-13(21)17-16(24)19(2)14(12)22)15(23)20(18-9)10-6-4-3-5-7-10/h3-8,11H,1-2H3,(H,17,21,24)/b12-8+/t11-/m1/s1. The summed E-state index contributed by atoms with van der Waals surface area (Å²) in [5, 5.41) is 7.49. The van der Waals surface area contributed by atoms with Crippen molar-refractivity contribution >= 4 is 35.2 Å². The molecule has 8 nitrogen and oxygen atoms in total. The summed E-state index contributed by atoms with van der Waals surface area (Å²) in [7, 11) is 1.26. The number of barbiturate groups is 1. The Morgan fingerprint density at radius 1 is 1.12 bits per heavy atom. The van der Waals surface area contributed by atoms with Crippen molar-refractivity contribution in [3.8, 4) is 0 Å². The normalized spacial score (nSPS) is 23.0. The number of para-hydroxylation sites is 1. The highest BCUT2D eigenvalue weighted by atomic mass is 16.2. The second-order valence-corrected chi connectivity index (χ2v) is 5.41. The van der Waals surface area contributed by atoms with Crippen LogP contribution in [-0.2, 0) is 14.4 Å². The maximum atomic E-state index is 12.6. The van der Waals surface area contributed by atoms with E-state index in [0.717, 1.165) is 4.90 Å². The van der Waals surface area contributed by atoms with Crippen LogP contribution in [-0.4, -0.2) is 41.4 Å². The number of hydrazone groups is 1. The second kappa shape index (κ2) is 5.73. The molecule has 0 aromatic heterocycles. The molecule has 1 aromatic rings. The lowest BCUT2D eigenvalue weighted by atomic mass is 9.99. The van der Waals surface area contributed by atoms with Crippen molar-refractivity contribution < 1.29 is 19.2 Å². The molecular weight excluding hydrogens is 312 g/mol. The maximum Gasteiger partial charge on any atom is 0.331 e. The van der Waals surface area contributed by atoms with Crippen LogP contribution in [0.5, 0.6) is 0 Å². The lowest BCUT2D eigenvalue weighted by Gasteiger charge is -2.23. The molecule has 0 unspecified atom stereocenters. The summed E-state index contributed by atoms with van der Waals surface area (Å²) in [4.78, 5) is 48.8. The second-order valence-electron chi connectivity index (χ2n) is 5.41. The third-order valence-electron chi connectivity index (χ3n) is 3.82. The summed E-state index contributed by atoms with van der Waals surface area (Å²) in [5.41, 5.74) is 0.797. The quantitative estimate of drug-likeness (QED) is 0.637. The molecule has 1 saturated heterocycles. The van der Waals surface area contributed by atoms with Crippen molar-refractivity contribution in [1.29, 1.82) is 0 Å². The Labute approximate surface area is 137 Å². The van der Waals surface area contributed by atoms with Gasteiger partial charge in [0.05, 0.1) is 17.3 Å². The number of amides is 5. The average molecular weight is 326 g/mol. The molecule has 3 rings (SSSR count). The number of imide groups is 2. The zero-order chi connectivity index (χ0) is 17.4. The molecule has 5 amide bonds. The molecule has 0 bridgehead atoms. The maximum absolute atomic E-state index is 12.6. The first-order valence-corrected chi connectivity index (χ1v) is 7.19. The molecule has 0 spiro atoms. The Hall–Kier alpha value is -3.29. The number of nitrogens with one attached hydrogen (secondary N) is 1. The Balaban J connectivity index is 1.92. The van der Waals surface area contributed by atoms with Crippen LogP contribution >= 0.6 is 0 Å². The van der Waals surface area contributed by atoms with Gasteiger partial charge in [-0.3, -0.25) is 24.6 Å². The SMILES string of the molecule is CC1=NN(c2ccccc2)C(=O)[C@@H]1/C=C1\C(=O)NC(=O)N(C)C1=O. The van der Waals surface area contributed by atoms with Crippen LogP contribution in [0.25, 0.3) is 0 Å². The number of hydrogen-bond donors (Lipinski definition) is 1. The smallest absolute Gasteiger partial charge is 0.273 e. The summed E-state index contributed by atoms with van der Waals surface area (Å²) in [5.74, 6) is -2.77. The first-order valence-electron chi connectivity index (χ1n) is 7.19. The van der Waals surface area contributed by atoms with E-state index in [-0.39, 0.29) is 11.5 Å². The minimum atomic E-state index is -0.837. The van der Waals surface area contributed by atoms with Crippen LogP contribution in [0.4, 0.5) is 10.5 Å². The zero-order valence-corrected chi connectivity index (χ0v) is 13.0. The van der Waals surface area contributed by atoms with E-state index in [1.165, 1.54) is 18.1 Å². The minimum Gasteiger partial charge on any atom is -0.273 e. The molecule has 0 radical (unpaired) electrons. The summed E-state index contributed by atoms with van der Waals surface area (Å²) in [6.07, 6.45) is 1.25. The number of anilines is 1. The van der Waals surface area contributed by atoms with E-state index in [9.17, 15) is 19.2 Å². The Morgan fingerprint density at radius 2 is 1.79 bits per heavy atom. The molecule has 24 heavy (non-hydrogen) atoms. The lowest BCUT2D eigenvalue weighted by molar-refractivity contribution is -0.129. The van der Waals surface area contributed by atoms with Crippen molar-refractivity contribution in [1.82, 2.24) is 10.2 Å². The van der Waals surface area contributed by atoms with E-state index < -0.39 is 23.8 Å². The minimum absolute atomic E-state index is 0.250. The van der Waals surface area contributed by atoms with Crippen LogP contribution < -0.4 is 10.3 Å². The Bertz CT molecular complexity index is 813. The van der Waals surface area contributed by atoms with Gasteiger partial charge in [-0.25, -0.2) is 4.79 Å².